The van der Waals surface area contributed by atoms with Gasteiger partial charge in [-0.2, -0.15) is 0 Å². The molecule has 0 saturated heterocycles. The molecule has 2 aromatic carbocycles. The molecular formula is C18H23FN2O3S. The van der Waals surface area contributed by atoms with Crippen LogP contribution in [0.1, 0.15) is 17.2 Å². The third kappa shape index (κ3) is 4.78. The average Bonchev–Trinajstić information content (AvgIpc) is 2.54. The molecule has 7 heteroatoms. The minimum Gasteiger partial charge on any atom is -0.497 e. The molecule has 0 bridgehead atoms. The highest BCUT2D eigenvalue weighted by atomic mass is 32.2. The maximum absolute atomic E-state index is 13.2. The molecule has 2 aromatic rings. The van der Waals surface area contributed by atoms with Crippen LogP contribution < -0.4 is 9.46 Å². The molecule has 0 heterocycles. The number of aryl methyl sites for hydroxylation is 1. The Hall–Kier alpha value is -1.96. The van der Waals surface area contributed by atoms with Gasteiger partial charge < -0.3 is 9.64 Å². The fourth-order valence-corrected chi connectivity index (χ4v) is 3.87. The third-order valence-electron chi connectivity index (χ3n) is 4.02. The molecule has 136 valence electrons. The van der Waals surface area contributed by atoms with E-state index < -0.39 is 15.8 Å². The summed E-state index contributed by atoms with van der Waals surface area (Å²) < 4.78 is 46.1. The van der Waals surface area contributed by atoms with E-state index >= 15 is 0 Å². The normalized spacial score (nSPS) is 13.0. The monoisotopic (exact) mass is 366 g/mol. The Morgan fingerprint density at radius 3 is 2.32 bits per heavy atom. The van der Waals surface area contributed by atoms with Gasteiger partial charge in [-0.1, -0.05) is 12.1 Å². The van der Waals surface area contributed by atoms with Crippen LogP contribution in [0.2, 0.25) is 0 Å². The molecule has 1 unspecified atom stereocenters. The quantitative estimate of drug-likeness (QED) is 0.819. The molecule has 0 aliphatic heterocycles. The molecule has 0 aliphatic rings. The van der Waals surface area contributed by atoms with Crippen LogP contribution in [0.5, 0.6) is 5.75 Å². The molecule has 5 nitrogen and oxygen atoms in total. The van der Waals surface area contributed by atoms with Crippen LogP contribution in [0.15, 0.2) is 47.4 Å². The maximum Gasteiger partial charge on any atom is 0.240 e. The molecule has 0 aromatic heterocycles. The summed E-state index contributed by atoms with van der Waals surface area (Å²) in [5.74, 6) is 0.282. The van der Waals surface area contributed by atoms with E-state index in [1.165, 1.54) is 12.1 Å². The van der Waals surface area contributed by atoms with Gasteiger partial charge in [0.1, 0.15) is 11.6 Å². The average molecular weight is 366 g/mol. The van der Waals surface area contributed by atoms with E-state index in [4.69, 9.17) is 4.74 Å². The smallest absolute Gasteiger partial charge is 0.240 e. The first-order valence-corrected chi connectivity index (χ1v) is 9.29. The number of halogens is 1. The molecule has 2 rings (SSSR count). The second kappa shape index (κ2) is 7.95. The van der Waals surface area contributed by atoms with Gasteiger partial charge in [0, 0.05) is 12.6 Å². The number of benzene rings is 2. The van der Waals surface area contributed by atoms with Crippen molar-refractivity contribution in [3.63, 3.8) is 0 Å². The number of nitrogens with one attached hydrogen (secondary N) is 1. The lowest BCUT2D eigenvalue weighted by atomic mass is 10.1. The van der Waals surface area contributed by atoms with Crippen molar-refractivity contribution in [2.24, 2.45) is 0 Å². The molecule has 0 amide bonds. The first kappa shape index (κ1) is 19.4. The number of ether oxygens (including phenoxy) is 1. The van der Waals surface area contributed by atoms with Crippen molar-refractivity contribution in [3.8, 4) is 5.75 Å². The number of rotatable bonds is 7. The summed E-state index contributed by atoms with van der Waals surface area (Å²) in [6, 6.07) is 11.0. The van der Waals surface area contributed by atoms with Gasteiger partial charge >= 0.3 is 0 Å². The molecule has 1 atom stereocenters. The number of hydrogen-bond donors (Lipinski definition) is 1. The topological polar surface area (TPSA) is 58.6 Å². The Kier molecular flexibility index (Phi) is 6.16. The Bertz CT molecular complexity index is 821. The van der Waals surface area contributed by atoms with Crippen molar-refractivity contribution in [3.05, 3.63) is 59.4 Å². The summed E-state index contributed by atoms with van der Waals surface area (Å²) in [4.78, 5) is 2.02. The zero-order valence-electron chi connectivity index (χ0n) is 14.8. The lowest BCUT2D eigenvalue weighted by Gasteiger charge is -2.25. The summed E-state index contributed by atoms with van der Waals surface area (Å²) in [5, 5.41) is 0. The molecule has 0 aliphatic carbocycles. The summed E-state index contributed by atoms with van der Waals surface area (Å²) in [6.45, 7) is 1.77. The minimum absolute atomic E-state index is 0.0844. The van der Waals surface area contributed by atoms with Crippen molar-refractivity contribution in [1.29, 1.82) is 0 Å². The van der Waals surface area contributed by atoms with E-state index in [1.807, 2.05) is 43.3 Å². The van der Waals surface area contributed by atoms with Crippen LogP contribution in [0.4, 0.5) is 4.39 Å². The Balaban J connectivity index is 2.19. The molecule has 0 fully saturated rings. The van der Waals surface area contributed by atoms with Crippen molar-refractivity contribution in [2.45, 2.75) is 17.9 Å². The van der Waals surface area contributed by atoms with E-state index in [0.29, 0.717) is 5.56 Å². The standard InChI is InChI=1S/C18H23FN2O3S/c1-13-11-15(19)7-10-18(13)25(22,23)20-12-17(21(2)3)14-5-8-16(24-4)9-6-14/h5-11,17,20H,12H2,1-4H3. The van der Waals surface area contributed by atoms with E-state index in [0.717, 1.165) is 17.4 Å². The lowest BCUT2D eigenvalue weighted by molar-refractivity contribution is 0.299. The van der Waals surface area contributed by atoms with Gasteiger partial charge in [-0.05, 0) is 62.5 Å². The molecule has 0 spiro atoms. The fourth-order valence-electron chi connectivity index (χ4n) is 2.61. The number of sulfonamides is 1. The second-order valence-electron chi connectivity index (χ2n) is 6.01. The number of hydrogen-bond acceptors (Lipinski definition) is 4. The van der Waals surface area contributed by atoms with Crippen molar-refractivity contribution in [2.75, 3.05) is 27.7 Å². The first-order chi connectivity index (χ1) is 11.7. The lowest BCUT2D eigenvalue weighted by Crippen LogP contribution is -2.34. The van der Waals surface area contributed by atoms with Crippen molar-refractivity contribution in [1.82, 2.24) is 9.62 Å². The molecule has 25 heavy (non-hydrogen) atoms. The summed E-state index contributed by atoms with van der Waals surface area (Å²) in [6.07, 6.45) is 0. The SMILES string of the molecule is COc1ccc(C(CNS(=O)(=O)c2ccc(F)cc2C)N(C)C)cc1. The van der Waals surface area contributed by atoms with Gasteiger partial charge in [0.25, 0.3) is 0 Å². The summed E-state index contributed by atoms with van der Waals surface area (Å²) >= 11 is 0. The van der Waals surface area contributed by atoms with E-state index in [1.54, 1.807) is 14.0 Å². The summed E-state index contributed by atoms with van der Waals surface area (Å²) in [5.41, 5.74) is 1.34. The maximum atomic E-state index is 13.2. The second-order valence-corrected chi connectivity index (χ2v) is 7.75. The zero-order valence-corrected chi connectivity index (χ0v) is 15.6. The van der Waals surface area contributed by atoms with Crippen LogP contribution in [0.3, 0.4) is 0 Å². The van der Waals surface area contributed by atoms with Gasteiger partial charge in [-0.15, -0.1) is 0 Å². The number of likely N-dealkylation sites (N-methyl/N-ethyl adjacent to an activating group) is 1. The van der Waals surface area contributed by atoms with Crippen LogP contribution in [-0.2, 0) is 10.0 Å². The molecule has 1 N–H and O–H groups in total. The van der Waals surface area contributed by atoms with Crippen LogP contribution in [0, 0.1) is 12.7 Å². The largest absolute Gasteiger partial charge is 0.497 e. The Morgan fingerprint density at radius 2 is 1.80 bits per heavy atom. The van der Waals surface area contributed by atoms with Gasteiger partial charge in [-0.3, -0.25) is 0 Å². The van der Waals surface area contributed by atoms with Crippen LogP contribution in [-0.4, -0.2) is 41.1 Å². The number of nitrogens with zero attached hydrogens (tertiary/aromatic N) is 1. The zero-order chi connectivity index (χ0) is 18.6. The predicted octanol–water partition coefficient (Wildman–Crippen LogP) is 2.72. The molecule has 0 radical (unpaired) electrons. The highest BCUT2D eigenvalue weighted by molar-refractivity contribution is 7.89. The molecule has 0 saturated carbocycles. The van der Waals surface area contributed by atoms with Gasteiger partial charge in [0.05, 0.1) is 12.0 Å². The van der Waals surface area contributed by atoms with Crippen LogP contribution in [0.25, 0.3) is 0 Å². The van der Waals surface area contributed by atoms with Crippen molar-refractivity contribution < 1.29 is 17.5 Å². The Morgan fingerprint density at radius 1 is 1.16 bits per heavy atom. The van der Waals surface area contributed by atoms with E-state index in [-0.39, 0.29) is 17.5 Å². The third-order valence-corrected chi connectivity index (χ3v) is 5.60. The first-order valence-electron chi connectivity index (χ1n) is 7.81. The van der Waals surface area contributed by atoms with Gasteiger partial charge in [-0.25, -0.2) is 17.5 Å². The van der Waals surface area contributed by atoms with Crippen LogP contribution >= 0.6 is 0 Å². The van der Waals surface area contributed by atoms with Gasteiger partial charge in [0.2, 0.25) is 10.0 Å². The van der Waals surface area contributed by atoms with Gasteiger partial charge in [0.15, 0.2) is 0 Å². The van der Waals surface area contributed by atoms with Crippen molar-refractivity contribution >= 4 is 10.0 Å². The summed E-state index contributed by atoms with van der Waals surface area (Å²) in [7, 11) is 1.63. The van der Waals surface area contributed by atoms with E-state index in [9.17, 15) is 12.8 Å². The molecular weight excluding hydrogens is 343 g/mol. The number of methoxy groups -OCH3 is 1. The highest BCUT2D eigenvalue weighted by Gasteiger charge is 2.21. The predicted molar refractivity (Wildman–Crippen MR) is 95.7 cm³/mol. The van der Waals surface area contributed by atoms with E-state index in [2.05, 4.69) is 4.72 Å². The Labute approximate surface area is 148 Å². The highest BCUT2D eigenvalue weighted by Crippen LogP contribution is 2.22. The minimum atomic E-state index is -3.73. The fraction of sp³-hybridized carbons (Fsp3) is 0.333.